The Morgan fingerprint density at radius 2 is 1.82 bits per heavy atom. The maximum atomic E-state index is 13.5. The van der Waals surface area contributed by atoms with Crippen LogP contribution >= 0.6 is 0 Å². The number of rotatable bonds is 9. The van der Waals surface area contributed by atoms with Crippen LogP contribution in [-0.4, -0.2) is 35.2 Å². The van der Waals surface area contributed by atoms with Gasteiger partial charge in [-0.2, -0.15) is 0 Å². The van der Waals surface area contributed by atoms with Crippen molar-refractivity contribution < 1.29 is 14.3 Å². The van der Waals surface area contributed by atoms with E-state index >= 15 is 0 Å². The van der Waals surface area contributed by atoms with Crippen molar-refractivity contribution >= 4 is 22.6 Å². The van der Waals surface area contributed by atoms with Crippen LogP contribution in [0.4, 0.5) is 5.69 Å². The van der Waals surface area contributed by atoms with Gasteiger partial charge in [-0.15, -0.1) is 0 Å². The van der Waals surface area contributed by atoms with E-state index in [0.717, 1.165) is 53.0 Å². The fourth-order valence-electron chi connectivity index (χ4n) is 5.92. The molecule has 0 bridgehead atoms. The van der Waals surface area contributed by atoms with Gasteiger partial charge in [0.25, 0.3) is 0 Å². The van der Waals surface area contributed by atoms with Crippen molar-refractivity contribution in [1.29, 1.82) is 0 Å². The Bertz CT molecular complexity index is 1480. The lowest BCUT2D eigenvalue weighted by atomic mass is 9.80. The summed E-state index contributed by atoms with van der Waals surface area (Å²) < 4.78 is 15.2. The van der Waals surface area contributed by atoms with Crippen LogP contribution in [0.2, 0.25) is 0 Å². The lowest BCUT2D eigenvalue weighted by molar-refractivity contribution is 0.0237. The molecule has 6 nitrogen and oxygen atoms in total. The first kappa shape index (κ1) is 25.8. The number of aromatic nitrogens is 2. The predicted octanol–water partition coefficient (Wildman–Crippen LogP) is 6.71. The maximum Gasteiger partial charge on any atom is 0.341 e. The number of anilines is 1. The highest BCUT2D eigenvalue weighted by atomic mass is 16.6. The molecule has 0 saturated heterocycles. The quantitative estimate of drug-likeness (QED) is 0.234. The number of cyclic esters (lactones) is 1. The van der Waals surface area contributed by atoms with Crippen LogP contribution in [0.3, 0.4) is 0 Å². The Labute approximate surface area is 225 Å². The van der Waals surface area contributed by atoms with Gasteiger partial charge in [0, 0.05) is 65.3 Å². The lowest BCUT2D eigenvalue weighted by Crippen LogP contribution is -2.32. The van der Waals surface area contributed by atoms with Crippen molar-refractivity contribution in [3.63, 3.8) is 0 Å². The molecule has 5 rings (SSSR count). The molecule has 2 aromatic carbocycles. The number of hydrogen-bond donors (Lipinski definition) is 0. The first-order chi connectivity index (χ1) is 18.4. The van der Waals surface area contributed by atoms with E-state index in [9.17, 15) is 4.79 Å². The monoisotopic (exact) mass is 511 g/mol. The molecule has 1 unspecified atom stereocenters. The van der Waals surface area contributed by atoms with Crippen LogP contribution in [0.25, 0.3) is 10.9 Å². The second kappa shape index (κ2) is 10.2. The van der Waals surface area contributed by atoms with Gasteiger partial charge >= 0.3 is 5.97 Å². The molecule has 4 aromatic rings. The highest BCUT2D eigenvalue weighted by Crippen LogP contribution is 2.53. The Balaban J connectivity index is 1.89. The first-order valence-corrected chi connectivity index (χ1v) is 13.7. The Kier molecular flexibility index (Phi) is 6.91. The van der Waals surface area contributed by atoms with E-state index in [1.54, 1.807) is 18.3 Å². The fraction of sp³-hybridized carbons (Fsp3) is 0.375. The minimum atomic E-state index is -1.24. The van der Waals surface area contributed by atoms with E-state index in [1.165, 1.54) is 0 Å². The average Bonchev–Trinajstić information content (AvgIpc) is 3.36. The summed E-state index contributed by atoms with van der Waals surface area (Å²) in [6, 6.07) is 18.2. The standard InChI is InChI=1S/C32H37N3O3/c1-7-34(8-2)23-16-17-26(28(19-23)37-9-3)32(30-25(31(36)38-32)14-12-18-33-30)29-22(6)35(20-21(4)5)27-15-11-10-13-24(27)29/h10-19,21H,7-9,20H2,1-6H3. The molecule has 3 heterocycles. The zero-order chi connectivity index (χ0) is 27.0. The number of benzene rings is 2. The Morgan fingerprint density at radius 3 is 2.53 bits per heavy atom. The number of para-hydroxylation sites is 1. The number of ether oxygens (including phenoxy) is 2. The molecule has 0 amide bonds. The van der Waals surface area contributed by atoms with Crippen molar-refractivity contribution in [2.24, 2.45) is 5.92 Å². The van der Waals surface area contributed by atoms with Crippen LogP contribution in [0, 0.1) is 12.8 Å². The lowest BCUT2D eigenvalue weighted by Gasteiger charge is -2.32. The molecule has 0 N–H and O–H groups in total. The van der Waals surface area contributed by atoms with Gasteiger partial charge in [0.2, 0.25) is 5.60 Å². The van der Waals surface area contributed by atoms with E-state index in [2.05, 4.69) is 80.5 Å². The number of hydrogen-bond acceptors (Lipinski definition) is 5. The number of fused-ring (bicyclic) bond motifs is 2. The van der Waals surface area contributed by atoms with Crippen LogP contribution in [-0.2, 0) is 16.9 Å². The molecule has 1 aliphatic rings. The maximum absolute atomic E-state index is 13.5. The summed E-state index contributed by atoms with van der Waals surface area (Å²) in [6.45, 7) is 15.9. The molecule has 0 saturated carbocycles. The summed E-state index contributed by atoms with van der Waals surface area (Å²) in [5, 5.41) is 1.05. The smallest absolute Gasteiger partial charge is 0.341 e. The van der Waals surface area contributed by atoms with Gasteiger partial charge in [-0.05, 0) is 63.9 Å². The zero-order valence-electron chi connectivity index (χ0n) is 23.2. The van der Waals surface area contributed by atoms with Gasteiger partial charge < -0.3 is 18.9 Å². The Hall–Kier alpha value is -3.80. The molecule has 198 valence electrons. The predicted molar refractivity (Wildman–Crippen MR) is 152 cm³/mol. The molecular weight excluding hydrogens is 474 g/mol. The summed E-state index contributed by atoms with van der Waals surface area (Å²) in [5.41, 5.74) is 4.83. The van der Waals surface area contributed by atoms with E-state index in [-0.39, 0.29) is 5.97 Å². The average molecular weight is 512 g/mol. The van der Waals surface area contributed by atoms with Gasteiger partial charge in [0.05, 0.1) is 12.2 Å². The second-order valence-electron chi connectivity index (χ2n) is 10.2. The molecule has 1 atom stereocenters. The molecule has 0 fully saturated rings. The van der Waals surface area contributed by atoms with Crippen LogP contribution < -0.4 is 9.64 Å². The number of nitrogens with zero attached hydrogens (tertiary/aromatic N) is 3. The summed E-state index contributed by atoms with van der Waals surface area (Å²) in [4.78, 5) is 20.6. The number of pyridine rings is 1. The minimum absolute atomic E-state index is 0.372. The molecule has 0 radical (unpaired) electrons. The third-order valence-corrected chi connectivity index (χ3v) is 7.51. The third kappa shape index (κ3) is 3.94. The van der Waals surface area contributed by atoms with Gasteiger partial charge in [0.15, 0.2) is 0 Å². The van der Waals surface area contributed by atoms with Gasteiger partial charge in [-0.3, -0.25) is 4.98 Å². The highest BCUT2D eigenvalue weighted by Gasteiger charge is 2.54. The van der Waals surface area contributed by atoms with E-state index < -0.39 is 5.60 Å². The number of esters is 1. The second-order valence-corrected chi connectivity index (χ2v) is 10.2. The molecule has 0 spiro atoms. The first-order valence-electron chi connectivity index (χ1n) is 13.7. The van der Waals surface area contributed by atoms with Crippen molar-refractivity contribution in [1.82, 2.24) is 9.55 Å². The van der Waals surface area contributed by atoms with Crippen molar-refractivity contribution in [3.05, 3.63) is 88.9 Å². The molecular formula is C32H37N3O3. The molecule has 2 aromatic heterocycles. The van der Waals surface area contributed by atoms with Gasteiger partial charge in [0.1, 0.15) is 11.4 Å². The van der Waals surface area contributed by atoms with E-state index in [0.29, 0.717) is 29.5 Å². The van der Waals surface area contributed by atoms with E-state index in [1.807, 2.05) is 13.0 Å². The summed E-state index contributed by atoms with van der Waals surface area (Å²) in [7, 11) is 0. The largest absolute Gasteiger partial charge is 0.493 e. The highest BCUT2D eigenvalue weighted by molar-refractivity contribution is 5.98. The topological polar surface area (TPSA) is 56.6 Å². The van der Waals surface area contributed by atoms with E-state index in [4.69, 9.17) is 14.5 Å². The number of carbonyl (C=O) groups excluding carboxylic acids is 1. The van der Waals surface area contributed by atoms with Crippen LogP contribution in [0.5, 0.6) is 5.75 Å². The summed E-state index contributed by atoms with van der Waals surface area (Å²) in [5.74, 6) is 0.768. The fourth-order valence-corrected chi connectivity index (χ4v) is 5.92. The summed E-state index contributed by atoms with van der Waals surface area (Å²) >= 11 is 0. The Morgan fingerprint density at radius 1 is 1.05 bits per heavy atom. The van der Waals surface area contributed by atoms with Gasteiger partial charge in [-0.1, -0.05) is 32.0 Å². The molecule has 0 aliphatic carbocycles. The van der Waals surface area contributed by atoms with Gasteiger partial charge in [-0.25, -0.2) is 4.79 Å². The SMILES string of the molecule is CCOc1cc(N(CC)CC)ccc1C1(c2c(C)n(CC(C)C)c3ccccc23)OC(=O)c2cccnc21. The van der Waals surface area contributed by atoms with Crippen molar-refractivity contribution in [3.8, 4) is 5.75 Å². The molecule has 38 heavy (non-hydrogen) atoms. The minimum Gasteiger partial charge on any atom is -0.493 e. The van der Waals surface area contributed by atoms with Crippen LogP contribution in [0.15, 0.2) is 60.8 Å². The van der Waals surface area contributed by atoms with Crippen LogP contribution in [0.1, 0.15) is 67.5 Å². The number of carbonyl (C=O) groups is 1. The molecule has 1 aliphatic heterocycles. The summed E-state index contributed by atoms with van der Waals surface area (Å²) in [6.07, 6.45) is 1.74. The molecule has 6 heteroatoms. The van der Waals surface area contributed by atoms with Crippen molar-refractivity contribution in [2.45, 2.75) is 53.7 Å². The normalized spacial score (nSPS) is 16.7. The van der Waals surface area contributed by atoms with Crippen molar-refractivity contribution in [2.75, 3.05) is 24.6 Å². The third-order valence-electron chi connectivity index (χ3n) is 7.51. The zero-order valence-corrected chi connectivity index (χ0v) is 23.2.